The van der Waals surface area contributed by atoms with Crippen LogP contribution in [0.3, 0.4) is 0 Å². The van der Waals surface area contributed by atoms with Gasteiger partial charge in [0.25, 0.3) is 0 Å². The topological polar surface area (TPSA) is 0 Å². The van der Waals surface area contributed by atoms with Crippen molar-refractivity contribution >= 4 is 0 Å². The lowest BCUT2D eigenvalue weighted by Crippen LogP contribution is -2.26. The number of fused-ring (bicyclic) bond motifs is 9. The molecule has 0 amide bonds. The van der Waals surface area contributed by atoms with Gasteiger partial charge in [0.05, 0.1) is 0 Å². The molecule has 10 rings (SSSR count). The maximum Gasteiger partial charge on any atom is 0.0215 e. The van der Waals surface area contributed by atoms with Crippen LogP contribution < -0.4 is 0 Å². The summed E-state index contributed by atoms with van der Waals surface area (Å²) in [6.07, 6.45) is 55.3. The first-order valence-corrected chi connectivity index (χ1v) is 41.0. The molecule has 3 aliphatic carbocycles. The van der Waals surface area contributed by atoms with E-state index in [0.29, 0.717) is 0 Å². The highest BCUT2D eigenvalue weighted by Crippen LogP contribution is 2.59. The second-order valence-corrected chi connectivity index (χ2v) is 31.6. The highest BCUT2D eigenvalue weighted by atomic mass is 14.5. The summed E-state index contributed by atoms with van der Waals surface area (Å²) in [7, 11) is 0. The fourth-order valence-corrected chi connectivity index (χ4v) is 18.7. The normalized spacial score (nSPS) is 14.2. The average Bonchev–Trinajstić information content (AvgIpc) is 1.71. The third-order valence-corrected chi connectivity index (χ3v) is 24.2. The Kier molecular flexibility index (Phi) is 27.9. The van der Waals surface area contributed by atoms with Crippen molar-refractivity contribution in [3.63, 3.8) is 0 Å². The lowest BCUT2D eigenvalue weighted by molar-refractivity contribution is 0.398. The molecule has 0 aliphatic heterocycles. The van der Waals surface area contributed by atoms with Gasteiger partial charge < -0.3 is 0 Å². The first kappa shape index (κ1) is 73.3. The summed E-state index contributed by atoms with van der Waals surface area (Å²) in [6.45, 7) is 21.2. The summed E-state index contributed by atoms with van der Waals surface area (Å²) in [5.74, 6) is 0. The van der Waals surface area contributed by atoms with Gasteiger partial charge in [-0.1, -0.05) is 380 Å². The van der Waals surface area contributed by atoms with Gasteiger partial charge in [0.2, 0.25) is 0 Å². The summed E-state index contributed by atoms with van der Waals surface area (Å²) in [5, 5.41) is 0. The summed E-state index contributed by atoms with van der Waals surface area (Å²) in [5.41, 5.74) is 31.1. The molecule has 0 unspecified atom stereocenters. The van der Waals surface area contributed by atoms with Crippen LogP contribution in [0.25, 0.3) is 66.8 Å². The van der Waals surface area contributed by atoms with Crippen molar-refractivity contribution in [1.82, 2.24) is 0 Å². The lowest BCUT2D eigenvalue weighted by atomic mass is 9.69. The molecule has 516 valence electrons. The zero-order chi connectivity index (χ0) is 67.2. The number of aryl methyl sites for hydroxylation is 3. The highest BCUT2D eigenvalue weighted by molar-refractivity contribution is 5.90. The maximum atomic E-state index is 2.75. The Bertz CT molecular complexity index is 3110. The second kappa shape index (κ2) is 36.6. The Morgan fingerprint density at radius 1 is 0.177 bits per heavy atom. The van der Waals surface area contributed by atoms with E-state index in [2.05, 4.69) is 190 Å². The van der Waals surface area contributed by atoms with E-state index in [0.717, 1.165) is 0 Å². The molecule has 0 bridgehead atoms. The molecule has 0 radical (unpaired) electrons. The van der Waals surface area contributed by atoms with E-state index in [4.69, 9.17) is 0 Å². The van der Waals surface area contributed by atoms with Crippen molar-refractivity contribution in [2.75, 3.05) is 0 Å². The fraction of sp³-hybridized carbons (Fsp3) is 0.562. The van der Waals surface area contributed by atoms with Crippen LogP contribution in [0, 0.1) is 20.8 Å². The Balaban J connectivity index is 1.15. The standard InChI is InChI=1S/C96H132/c1-10-16-22-28-34-40-58-94(59-41-35-29-23-17-11-2)88-64-73(7)46-52-82(88)85-55-49-76(70-91(85)94)79-67-80(77-50-56-86-83-53-47-74(8)65-89(83)95(92(86)71-77,60-42-36-30-24-18-12-3)61-43-37-31-25-19-13-4)69-81(68-79)78-51-57-87-84-54-48-75(9)66-90(84)96(93(87)72-78,62-44-38-32-26-20-14-5)63-45-39-33-27-21-15-6/h46-57,64-72H,10-45,58-63H2,1-9H3. The molecule has 7 aromatic rings. The van der Waals surface area contributed by atoms with E-state index in [1.54, 1.807) is 33.4 Å². The molecule has 0 heterocycles. The van der Waals surface area contributed by atoms with E-state index < -0.39 is 0 Å². The van der Waals surface area contributed by atoms with Crippen molar-refractivity contribution in [3.05, 3.63) is 177 Å². The largest absolute Gasteiger partial charge is 0.0654 e. The van der Waals surface area contributed by atoms with Crippen LogP contribution in [0.4, 0.5) is 0 Å². The van der Waals surface area contributed by atoms with Crippen molar-refractivity contribution in [1.29, 1.82) is 0 Å². The van der Waals surface area contributed by atoms with Gasteiger partial charge in [0, 0.05) is 16.2 Å². The minimum absolute atomic E-state index is 0.00794. The summed E-state index contributed by atoms with van der Waals surface area (Å²) >= 11 is 0. The summed E-state index contributed by atoms with van der Waals surface area (Å²) < 4.78 is 0. The molecule has 0 saturated heterocycles. The van der Waals surface area contributed by atoms with Crippen LogP contribution >= 0.6 is 0 Å². The minimum atomic E-state index is 0.00794. The number of rotatable bonds is 45. The van der Waals surface area contributed by atoms with Gasteiger partial charge >= 0.3 is 0 Å². The molecule has 96 heavy (non-hydrogen) atoms. The maximum absolute atomic E-state index is 2.75. The minimum Gasteiger partial charge on any atom is -0.0654 e. The number of unbranched alkanes of at least 4 members (excludes halogenated alkanes) is 30. The van der Waals surface area contributed by atoms with E-state index in [1.165, 1.54) is 353 Å². The van der Waals surface area contributed by atoms with Crippen LogP contribution in [0.1, 0.15) is 361 Å². The molecular formula is C96H132. The van der Waals surface area contributed by atoms with Crippen LogP contribution in [0.2, 0.25) is 0 Å². The van der Waals surface area contributed by atoms with Gasteiger partial charge in [-0.05, 0) is 196 Å². The molecule has 0 atom stereocenters. The Morgan fingerprint density at radius 3 is 0.562 bits per heavy atom. The first-order chi connectivity index (χ1) is 47.1. The highest BCUT2D eigenvalue weighted by Gasteiger charge is 2.46. The van der Waals surface area contributed by atoms with Crippen LogP contribution in [0.5, 0.6) is 0 Å². The van der Waals surface area contributed by atoms with Crippen molar-refractivity contribution in [2.45, 2.75) is 348 Å². The number of hydrogen-bond donors (Lipinski definition) is 0. The van der Waals surface area contributed by atoms with E-state index in [9.17, 15) is 0 Å². The summed E-state index contributed by atoms with van der Waals surface area (Å²) in [4.78, 5) is 0. The summed E-state index contributed by atoms with van der Waals surface area (Å²) in [6, 6.07) is 54.1. The first-order valence-electron chi connectivity index (χ1n) is 41.0. The van der Waals surface area contributed by atoms with E-state index in [-0.39, 0.29) is 16.2 Å². The van der Waals surface area contributed by atoms with Gasteiger partial charge in [0.1, 0.15) is 0 Å². The number of hydrogen-bond acceptors (Lipinski definition) is 0. The van der Waals surface area contributed by atoms with Gasteiger partial charge in [-0.15, -0.1) is 0 Å². The molecule has 0 N–H and O–H groups in total. The van der Waals surface area contributed by atoms with Crippen molar-refractivity contribution < 1.29 is 0 Å². The molecule has 3 aliphatic rings. The molecule has 0 heteroatoms. The average molecular weight is 1290 g/mol. The van der Waals surface area contributed by atoms with Gasteiger partial charge in [-0.25, -0.2) is 0 Å². The molecule has 0 fully saturated rings. The molecule has 0 saturated carbocycles. The molecule has 0 spiro atoms. The van der Waals surface area contributed by atoms with Crippen LogP contribution in [0.15, 0.2) is 127 Å². The molecule has 0 aromatic heterocycles. The zero-order valence-corrected chi connectivity index (χ0v) is 62.8. The molecule has 7 aromatic carbocycles. The van der Waals surface area contributed by atoms with E-state index in [1.807, 2.05) is 0 Å². The van der Waals surface area contributed by atoms with Gasteiger partial charge in [-0.3, -0.25) is 0 Å². The third-order valence-electron chi connectivity index (χ3n) is 24.2. The zero-order valence-electron chi connectivity index (χ0n) is 62.8. The Labute approximate surface area is 588 Å². The molecular weight excluding hydrogens is 1150 g/mol. The van der Waals surface area contributed by atoms with Crippen molar-refractivity contribution in [2.24, 2.45) is 0 Å². The Morgan fingerprint density at radius 2 is 0.354 bits per heavy atom. The second-order valence-electron chi connectivity index (χ2n) is 31.6. The van der Waals surface area contributed by atoms with Gasteiger partial charge in [0.15, 0.2) is 0 Å². The SMILES string of the molecule is CCCCCCCCC1(CCCCCCCC)c2cc(C)ccc2-c2ccc(-c3cc(-c4ccc5c(c4)C(CCCCCCCC)(CCCCCCCC)c4cc(C)ccc4-5)cc(-c4ccc5c(c4)C(CCCCCCCC)(CCCCCCCC)c4cc(C)ccc4-5)c3)cc21. The predicted molar refractivity (Wildman–Crippen MR) is 424 cm³/mol. The monoisotopic (exact) mass is 1290 g/mol. The van der Waals surface area contributed by atoms with E-state index >= 15 is 0 Å². The third kappa shape index (κ3) is 17.2. The lowest BCUT2D eigenvalue weighted by Gasteiger charge is -2.34. The van der Waals surface area contributed by atoms with Crippen LogP contribution in [-0.2, 0) is 16.2 Å². The smallest absolute Gasteiger partial charge is 0.0215 e. The fourth-order valence-electron chi connectivity index (χ4n) is 18.7. The Hall–Kier alpha value is -5.46. The predicted octanol–water partition coefficient (Wildman–Crippen LogP) is 30.9. The quantitative estimate of drug-likeness (QED) is 0.0334. The molecule has 0 nitrogen and oxygen atoms in total. The van der Waals surface area contributed by atoms with Crippen molar-refractivity contribution in [3.8, 4) is 66.8 Å². The van der Waals surface area contributed by atoms with Crippen LogP contribution in [-0.4, -0.2) is 0 Å². The van der Waals surface area contributed by atoms with Gasteiger partial charge in [-0.2, -0.15) is 0 Å². The number of benzene rings is 7.